The molecule has 2 aromatic rings. The lowest BCUT2D eigenvalue weighted by Gasteiger charge is -2.32. The average molecular weight is 470 g/mol. The number of benzene rings is 1. The smallest absolute Gasteiger partial charge is 0.309 e. The van der Waals surface area contributed by atoms with Crippen LogP contribution in [0.3, 0.4) is 0 Å². The Kier molecular flexibility index (Phi) is 5.39. The fraction of sp³-hybridized carbons (Fsp3) is 0.458. The molecule has 0 atom stereocenters. The molecule has 0 N–H and O–H groups in total. The third-order valence-corrected chi connectivity index (χ3v) is 8.11. The summed E-state index contributed by atoms with van der Waals surface area (Å²) in [5.41, 5.74) is 3.24. The van der Waals surface area contributed by atoms with E-state index in [2.05, 4.69) is 8.96 Å². The third kappa shape index (κ3) is 3.99. The highest BCUT2D eigenvalue weighted by Gasteiger charge is 2.35. The van der Waals surface area contributed by atoms with Gasteiger partial charge in [-0.05, 0) is 57.7 Å². The normalized spacial score (nSPS) is 19.8. The van der Waals surface area contributed by atoms with Gasteiger partial charge in [0.1, 0.15) is 4.90 Å². The molecular formula is C24H27N3O5S. The summed E-state index contributed by atoms with van der Waals surface area (Å²) in [5.74, 6) is -0.427. The van der Waals surface area contributed by atoms with Crippen molar-refractivity contribution in [3.63, 3.8) is 0 Å². The Morgan fingerprint density at radius 2 is 1.79 bits per heavy atom. The highest BCUT2D eigenvalue weighted by molar-refractivity contribution is 7.90. The van der Waals surface area contributed by atoms with E-state index in [0.717, 1.165) is 24.2 Å². The van der Waals surface area contributed by atoms with Gasteiger partial charge in [0.2, 0.25) is 5.78 Å². The zero-order chi connectivity index (χ0) is 23.3. The topological polar surface area (TPSA) is 98.0 Å². The molecule has 0 radical (unpaired) electrons. The van der Waals surface area contributed by atoms with Gasteiger partial charge in [-0.2, -0.15) is 8.42 Å². The molecule has 0 bridgehead atoms. The first-order valence-electron chi connectivity index (χ1n) is 11.3. The van der Waals surface area contributed by atoms with Crippen LogP contribution in [0, 0.1) is 19.8 Å². The number of amidine groups is 1. The molecule has 1 aromatic carbocycles. The highest BCUT2D eigenvalue weighted by atomic mass is 32.2. The van der Waals surface area contributed by atoms with E-state index in [1.807, 2.05) is 24.8 Å². The number of fused-ring (bicyclic) bond motifs is 1. The van der Waals surface area contributed by atoms with Gasteiger partial charge in [0.25, 0.3) is 10.0 Å². The number of hydrogen-bond acceptors (Lipinski definition) is 6. The van der Waals surface area contributed by atoms with E-state index in [1.165, 1.54) is 0 Å². The largest absolute Gasteiger partial charge is 0.457 e. The standard InChI is InChI=1S/C24H27N3O5S/c1-15-13-20(16(2)27(15)18-7-8-18)21(28)14-32-24(29)17-9-11-26(12-10-17)23-19-5-3-4-6-22(19)33(30,31)25-23/h3-6,13,17-18H,7-12,14H2,1-2H3. The lowest BCUT2D eigenvalue weighted by Crippen LogP contribution is -2.40. The Hall–Kier alpha value is -2.94. The molecule has 2 aliphatic heterocycles. The van der Waals surface area contributed by atoms with E-state index in [9.17, 15) is 18.0 Å². The number of carbonyl (C=O) groups is 2. The number of rotatable bonds is 5. The molecule has 0 amide bonds. The van der Waals surface area contributed by atoms with Crippen molar-refractivity contribution in [2.45, 2.75) is 50.5 Å². The molecule has 1 saturated heterocycles. The average Bonchev–Trinajstić information content (AvgIpc) is 3.54. The lowest BCUT2D eigenvalue weighted by molar-refractivity contribution is -0.148. The summed E-state index contributed by atoms with van der Waals surface area (Å²) >= 11 is 0. The molecule has 2 fully saturated rings. The summed E-state index contributed by atoms with van der Waals surface area (Å²) in [6.07, 6.45) is 3.32. The first kappa shape index (κ1) is 21.9. The van der Waals surface area contributed by atoms with Crippen LogP contribution in [0.15, 0.2) is 39.6 Å². The van der Waals surface area contributed by atoms with Gasteiger partial charge >= 0.3 is 5.97 Å². The van der Waals surface area contributed by atoms with Crippen molar-refractivity contribution in [3.05, 3.63) is 52.8 Å². The predicted molar refractivity (Wildman–Crippen MR) is 122 cm³/mol. The SMILES string of the molecule is Cc1cc(C(=O)COC(=O)C2CCN(C3=NS(=O)(=O)c4ccccc43)CC2)c(C)n1C1CC1. The van der Waals surface area contributed by atoms with Crippen molar-refractivity contribution < 1.29 is 22.7 Å². The van der Waals surface area contributed by atoms with Crippen LogP contribution >= 0.6 is 0 Å². The van der Waals surface area contributed by atoms with Crippen molar-refractivity contribution in [2.75, 3.05) is 19.7 Å². The van der Waals surface area contributed by atoms with Crippen LogP contribution in [0.1, 0.15) is 59.0 Å². The number of carbonyl (C=O) groups excluding carboxylic acids is 2. The second-order valence-electron chi connectivity index (χ2n) is 9.06. The fourth-order valence-corrected chi connectivity index (χ4v) is 6.16. The van der Waals surface area contributed by atoms with Crippen LogP contribution in [0.2, 0.25) is 0 Å². The molecule has 1 aromatic heterocycles. The monoisotopic (exact) mass is 469 g/mol. The number of ketones is 1. The van der Waals surface area contributed by atoms with Gasteiger partial charge in [-0.15, -0.1) is 4.40 Å². The maximum Gasteiger partial charge on any atom is 0.309 e. The quantitative estimate of drug-likeness (QED) is 0.493. The minimum atomic E-state index is -3.67. The van der Waals surface area contributed by atoms with Crippen LogP contribution in [-0.2, 0) is 19.6 Å². The zero-order valence-electron chi connectivity index (χ0n) is 18.8. The number of ether oxygens (including phenoxy) is 1. The number of esters is 1. The Balaban J connectivity index is 1.17. The van der Waals surface area contributed by atoms with Gasteiger partial charge in [0.05, 0.1) is 5.92 Å². The maximum atomic E-state index is 12.7. The van der Waals surface area contributed by atoms with Crippen LogP contribution in [-0.4, -0.2) is 55.2 Å². The minimum Gasteiger partial charge on any atom is -0.457 e. The van der Waals surface area contributed by atoms with Gasteiger partial charge in [-0.25, -0.2) is 0 Å². The van der Waals surface area contributed by atoms with Gasteiger partial charge < -0.3 is 14.2 Å². The number of aromatic nitrogens is 1. The number of nitrogens with zero attached hydrogens (tertiary/aromatic N) is 3. The summed E-state index contributed by atoms with van der Waals surface area (Å²) in [6.45, 7) is 4.69. The summed E-state index contributed by atoms with van der Waals surface area (Å²) in [6, 6.07) is 9.16. The number of aryl methyl sites for hydroxylation is 1. The van der Waals surface area contributed by atoms with E-state index >= 15 is 0 Å². The molecule has 0 spiro atoms. The molecule has 9 heteroatoms. The fourth-order valence-electron chi connectivity index (χ4n) is 4.93. The lowest BCUT2D eigenvalue weighted by atomic mass is 9.96. The highest BCUT2D eigenvalue weighted by Crippen LogP contribution is 2.38. The molecule has 33 heavy (non-hydrogen) atoms. The Morgan fingerprint density at radius 3 is 2.48 bits per heavy atom. The molecular weight excluding hydrogens is 442 g/mol. The summed E-state index contributed by atoms with van der Waals surface area (Å²) in [7, 11) is -3.67. The van der Waals surface area contributed by atoms with Gasteiger partial charge in [-0.1, -0.05) is 12.1 Å². The van der Waals surface area contributed by atoms with E-state index in [0.29, 0.717) is 48.9 Å². The number of piperidine rings is 1. The first-order chi connectivity index (χ1) is 15.8. The van der Waals surface area contributed by atoms with Crippen molar-refractivity contribution in [2.24, 2.45) is 10.3 Å². The van der Waals surface area contributed by atoms with Crippen LogP contribution in [0.4, 0.5) is 0 Å². The van der Waals surface area contributed by atoms with E-state index in [4.69, 9.17) is 4.74 Å². The molecule has 5 rings (SSSR count). The molecule has 3 heterocycles. The van der Waals surface area contributed by atoms with Crippen molar-refractivity contribution in [1.29, 1.82) is 0 Å². The Morgan fingerprint density at radius 1 is 1.09 bits per heavy atom. The second-order valence-corrected chi connectivity index (χ2v) is 10.6. The Bertz CT molecular complexity index is 1270. The van der Waals surface area contributed by atoms with E-state index < -0.39 is 10.0 Å². The molecule has 1 saturated carbocycles. The minimum absolute atomic E-state index is 0.178. The summed E-state index contributed by atoms with van der Waals surface area (Å²) in [4.78, 5) is 27.4. The maximum absolute atomic E-state index is 12.7. The molecule has 0 unspecified atom stereocenters. The summed E-state index contributed by atoms with van der Waals surface area (Å²) in [5, 5.41) is 0. The van der Waals surface area contributed by atoms with Crippen LogP contribution in [0.5, 0.6) is 0 Å². The van der Waals surface area contributed by atoms with Gasteiger partial charge in [0.15, 0.2) is 12.4 Å². The van der Waals surface area contributed by atoms with Crippen molar-refractivity contribution in [3.8, 4) is 0 Å². The number of likely N-dealkylation sites (tertiary alicyclic amines) is 1. The number of hydrogen-bond donors (Lipinski definition) is 0. The second kappa shape index (κ2) is 8.13. The van der Waals surface area contributed by atoms with Gasteiger partial charge in [-0.3, -0.25) is 9.59 Å². The van der Waals surface area contributed by atoms with Crippen LogP contribution < -0.4 is 0 Å². The predicted octanol–water partition coefficient (Wildman–Crippen LogP) is 3.03. The third-order valence-electron chi connectivity index (χ3n) is 6.78. The first-order valence-corrected chi connectivity index (χ1v) is 12.8. The molecule has 3 aliphatic rings. The van der Waals surface area contributed by atoms with E-state index in [1.54, 1.807) is 24.3 Å². The molecule has 1 aliphatic carbocycles. The summed E-state index contributed by atoms with van der Waals surface area (Å²) < 4.78 is 36.2. The van der Waals surface area contributed by atoms with Gasteiger partial charge in [0, 0.05) is 41.6 Å². The molecule has 174 valence electrons. The van der Waals surface area contributed by atoms with Crippen molar-refractivity contribution >= 4 is 27.6 Å². The van der Waals surface area contributed by atoms with E-state index in [-0.39, 0.29) is 29.2 Å². The number of sulfonamides is 1. The van der Waals surface area contributed by atoms with Crippen molar-refractivity contribution in [1.82, 2.24) is 9.47 Å². The Labute approximate surface area is 193 Å². The molecule has 8 nitrogen and oxygen atoms in total. The number of Topliss-reactive ketones (excluding diaryl/α,β-unsaturated/α-hetero) is 1. The van der Waals surface area contributed by atoms with Crippen LogP contribution in [0.25, 0.3) is 0 Å². The zero-order valence-corrected chi connectivity index (χ0v) is 19.6.